The van der Waals surface area contributed by atoms with Gasteiger partial charge in [0.25, 0.3) is 0 Å². The summed E-state index contributed by atoms with van der Waals surface area (Å²) in [4.78, 5) is 3.89. The van der Waals surface area contributed by atoms with Crippen LogP contribution in [0.2, 0.25) is 0 Å². The number of hydrogen-bond donors (Lipinski definition) is 2. The van der Waals surface area contributed by atoms with Crippen molar-refractivity contribution >= 4 is 11.6 Å². The number of ether oxygens (including phenoxy) is 1. The van der Waals surface area contributed by atoms with Gasteiger partial charge in [-0.3, -0.25) is 0 Å². The number of anilines is 2. The second kappa shape index (κ2) is 7.10. The predicted octanol–water partition coefficient (Wildman–Crippen LogP) is 2.63. The van der Waals surface area contributed by atoms with Crippen molar-refractivity contribution in [1.82, 2.24) is 4.98 Å². The van der Waals surface area contributed by atoms with Gasteiger partial charge in [-0.05, 0) is 13.3 Å². The van der Waals surface area contributed by atoms with Crippen molar-refractivity contribution in [2.45, 2.75) is 26.4 Å². The molecule has 1 unspecified atom stereocenters. The van der Waals surface area contributed by atoms with E-state index in [-0.39, 0.29) is 17.7 Å². The van der Waals surface area contributed by atoms with Crippen LogP contribution in [0, 0.1) is 11.6 Å². The van der Waals surface area contributed by atoms with Gasteiger partial charge in [-0.15, -0.1) is 0 Å². The highest BCUT2D eigenvalue weighted by Gasteiger charge is 2.12. The molecule has 0 fully saturated rings. The van der Waals surface area contributed by atoms with Crippen LogP contribution in [-0.4, -0.2) is 31.3 Å². The molecule has 18 heavy (non-hydrogen) atoms. The van der Waals surface area contributed by atoms with Crippen molar-refractivity contribution in [1.29, 1.82) is 0 Å². The zero-order chi connectivity index (χ0) is 13.5. The van der Waals surface area contributed by atoms with Gasteiger partial charge in [-0.1, -0.05) is 6.92 Å². The molecule has 0 saturated carbocycles. The molecule has 1 heterocycles. The minimum absolute atomic E-state index is 0.0268. The van der Waals surface area contributed by atoms with E-state index >= 15 is 0 Å². The average Bonchev–Trinajstić information content (AvgIpc) is 2.36. The fourth-order valence-electron chi connectivity index (χ4n) is 1.28. The van der Waals surface area contributed by atoms with E-state index in [1.165, 1.54) is 0 Å². The van der Waals surface area contributed by atoms with Crippen LogP contribution in [0.25, 0.3) is 0 Å². The van der Waals surface area contributed by atoms with E-state index in [0.29, 0.717) is 13.1 Å². The monoisotopic (exact) mass is 259 g/mol. The van der Waals surface area contributed by atoms with Crippen molar-refractivity contribution in [2.75, 3.05) is 30.8 Å². The summed E-state index contributed by atoms with van der Waals surface area (Å²) in [6.07, 6.45) is 0.755. The van der Waals surface area contributed by atoms with Crippen molar-refractivity contribution < 1.29 is 13.5 Å². The van der Waals surface area contributed by atoms with Crippen molar-refractivity contribution in [3.05, 3.63) is 17.7 Å². The van der Waals surface area contributed by atoms with E-state index in [1.54, 1.807) is 7.11 Å². The van der Waals surface area contributed by atoms with Crippen LogP contribution in [0.15, 0.2) is 6.07 Å². The van der Waals surface area contributed by atoms with E-state index < -0.39 is 11.6 Å². The molecular formula is C12H19F2N3O. The highest BCUT2D eigenvalue weighted by molar-refractivity contribution is 5.47. The smallest absolute Gasteiger partial charge is 0.168 e. The zero-order valence-electron chi connectivity index (χ0n) is 10.9. The molecule has 2 N–H and O–H groups in total. The zero-order valence-corrected chi connectivity index (χ0v) is 10.9. The molecule has 0 aromatic carbocycles. The lowest BCUT2D eigenvalue weighted by Gasteiger charge is -2.13. The maximum Gasteiger partial charge on any atom is 0.168 e. The van der Waals surface area contributed by atoms with Gasteiger partial charge in [0, 0.05) is 26.3 Å². The predicted molar refractivity (Wildman–Crippen MR) is 67.9 cm³/mol. The first kappa shape index (κ1) is 14.6. The average molecular weight is 259 g/mol. The lowest BCUT2D eigenvalue weighted by atomic mass is 10.3. The Morgan fingerprint density at radius 2 is 1.89 bits per heavy atom. The second-order valence-corrected chi connectivity index (χ2v) is 4.00. The third-order valence-electron chi connectivity index (χ3n) is 2.43. The summed E-state index contributed by atoms with van der Waals surface area (Å²) in [5, 5.41) is 5.60. The number of rotatable bonds is 7. The van der Waals surface area contributed by atoms with Crippen LogP contribution in [0.3, 0.4) is 0 Å². The first-order chi connectivity index (χ1) is 8.58. The molecule has 0 aliphatic rings. The Labute approximate surface area is 106 Å². The number of halogens is 2. The van der Waals surface area contributed by atoms with Crippen molar-refractivity contribution in [3.8, 4) is 0 Å². The standard InChI is InChI=1S/C12H19F2N3O/c1-4-5-15-11-9(13)6-10(14)12(17-11)16-7-8(2)18-3/h6,8H,4-5,7H2,1-3H3,(H2,15,16,17). The molecule has 4 nitrogen and oxygen atoms in total. The SMILES string of the molecule is CCCNc1nc(NCC(C)OC)c(F)cc1F. The topological polar surface area (TPSA) is 46.2 Å². The summed E-state index contributed by atoms with van der Waals surface area (Å²) in [5.41, 5.74) is 0. The number of nitrogens with zero attached hydrogens (tertiary/aromatic N) is 1. The number of nitrogens with one attached hydrogen (secondary N) is 2. The van der Waals surface area contributed by atoms with Gasteiger partial charge in [-0.25, -0.2) is 13.8 Å². The van der Waals surface area contributed by atoms with Crippen LogP contribution in [-0.2, 0) is 4.74 Å². The summed E-state index contributed by atoms with van der Waals surface area (Å²) in [5.74, 6) is -1.31. The molecule has 1 atom stereocenters. The summed E-state index contributed by atoms with van der Waals surface area (Å²) in [6.45, 7) is 4.78. The van der Waals surface area contributed by atoms with E-state index in [4.69, 9.17) is 4.74 Å². The molecule has 0 bridgehead atoms. The molecule has 1 aromatic heterocycles. The number of aromatic nitrogens is 1. The first-order valence-electron chi connectivity index (χ1n) is 5.95. The third kappa shape index (κ3) is 4.10. The summed E-state index contributed by atoms with van der Waals surface area (Å²) in [6, 6.07) is 0.824. The van der Waals surface area contributed by atoms with Gasteiger partial charge in [-0.2, -0.15) is 0 Å². The van der Waals surface area contributed by atoms with Crippen LogP contribution < -0.4 is 10.6 Å². The van der Waals surface area contributed by atoms with Gasteiger partial charge in [0.05, 0.1) is 6.10 Å². The number of pyridine rings is 1. The Balaban J connectivity index is 2.77. The lowest BCUT2D eigenvalue weighted by Crippen LogP contribution is -2.20. The molecule has 0 amide bonds. The van der Waals surface area contributed by atoms with Gasteiger partial charge < -0.3 is 15.4 Å². The molecule has 0 aliphatic heterocycles. The van der Waals surface area contributed by atoms with Crippen LogP contribution in [0.5, 0.6) is 0 Å². The van der Waals surface area contributed by atoms with Crippen LogP contribution in [0.4, 0.5) is 20.4 Å². The molecule has 1 aromatic rings. The first-order valence-corrected chi connectivity index (χ1v) is 5.95. The van der Waals surface area contributed by atoms with Gasteiger partial charge in [0.15, 0.2) is 23.3 Å². The van der Waals surface area contributed by atoms with E-state index in [9.17, 15) is 8.78 Å². The van der Waals surface area contributed by atoms with Crippen molar-refractivity contribution in [2.24, 2.45) is 0 Å². The molecule has 0 saturated heterocycles. The van der Waals surface area contributed by atoms with Crippen LogP contribution >= 0.6 is 0 Å². The summed E-state index contributed by atoms with van der Waals surface area (Å²) < 4.78 is 31.9. The quantitative estimate of drug-likeness (QED) is 0.790. The highest BCUT2D eigenvalue weighted by Crippen LogP contribution is 2.19. The molecule has 6 heteroatoms. The summed E-state index contributed by atoms with van der Waals surface area (Å²) in [7, 11) is 1.56. The number of methoxy groups -OCH3 is 1. The normalized spacial score (nSPS) is 12.3. The molecule has 1 rings (SSSR count). The minimum atomic E-state index is -0.710. The molecule has 102 valence electrons. The van der Waals surface area contributed by atoms with E-state index in [0.717, 1.165) is 12.5 Å². The molecule has 0 spiro atoms. The Morgan fingerprint density at radius 1 is 1.28 bits per heavy atom. The Bertz CT molecular complexity index is 388. The maximum absolute atomic E-state index is 13.5. The van der Waals surface area contributed by atoms with Crippen molar-refractivity contribution in [3.63, 3.8) is 0 Å². The number of hydrogen-bond acceptors (Lipinski definition) is 4. The van der Waals surface area contributed by atoms with E-state index in [1.807, 2.05) is 13.8 Å². The molecule has 0 aliphatic carbocycles. The van der Waals surface area contributed by atoms with Gasteiger partial charge >= 0.3 is 0 Å². The fraction of sp³-hybridized carbons (Fsp3) is 0.583. The highest BCUT2D eigenvalue weighted by atomic mass is 19.1. The van der Waals surface area contributed by atoms with E-state index in [2.05, 4.69) is 15.6 Å². The molecule has 0 radical (unpaired) electrons. The van der Waals surface area contributed by atoms with Crippen LogP contribution in [0.1, 0.15) is 20.3 Å². The summed E-state index contributed by atoms with van der Waals surface area (Å²) >= 11 is 0. The third-order valence-corrected chi connectivity index (χ3v) is 2.43. The Morgan fingerprint density at radius 3 is 2.44 bits per heavy atom. The minimum Gasteiger partial charge on any atom is -0.380 e. The maximum atomic E-state index is 13.5. The Kier molecular flexibility index (Phi) is 5.77. The molecular weight excluding hydrogens is 240 g/mol. The van der Waals surface area contributed by atoms with Gasteiger partial charge in [0.2, 0.25) is 0 Å². The lowest BCUT2D eigenvalue weighted by molar-refractivity contribution is 0.128. The second-order valence-electron chi connectivity index (χ2n) is 4.00. The largest absolute Gasteiger partial charge is 0.380 e. The fourth-order valence-corrected chi connectivity index (χ4v) is 1.28. The van der Waals surface area contributed by atoms with Gasteiger partial charge in [0.1, 0.15) is 0 Å². The Hall–Kier alpha value is -1.43.